The molecule has 1 aromatic rings. The minimum Gasteiger partial charge on any atom is -0.465 e. The van der Waals surface area contributed by atoms with Crippen LogP contribution >= 0.6 is 0 Å². The summed E-state index contributed by atoms with van der Waals surface area (Å²) >= 11 is 0. The fourth-order valence-electron chi connectivity index (χ4n) is 11.5. The van der Waals surface area contributed by atoms with Crippen LogP contribution in [0.4, 0.5) is 0 Å². The van der Waals surface area contributed by atoms with Crippen molar-refractivity contribution >= 4 is 17.9 Å². The van der Waals surface area contributed by atoms with E-state index in [0.29, 0.717) is 85.7 Å². The smallest absolute Gasteiger partial charge is 0.336 e. The topological polar surface area (TPSA) is 179 Å². The van der Waals surface area contributed by atoms with Gasteiger partial charge in [0.15, 0.2) is 0 Å². The van der Waals surface area contributed by atoms with Crippen molar-refractivity contribution in [3.63, 3.8) is 0 Å². The maximum absolute atomic E-state index is 13.6. The predicted molar refractivity (Wildman–Crippen MR) is 187 cm³/mol. The van der Waals surface area contributed by atoms with Gasteiger partial charge in [-0.15, -0.1) is 0 Å². The second-order valence-corrected chi connectivity index (χ2v) is 17.5. The van der Waals surface area contributed by atoms with Crippen LogP contribution in [0.25, 0.3) is 0 Å². The second kappa shape index (κ2) is 14.6. The van der Waals surface area contributed by atoms with E-state index in [9.17, 15) is 28.8 Å². The first kappa shape index (κ1) is 36.3. The SMILES string of the molecule is CC1OC2CC(COC(=O)CCCn3c(=O)n(CCCC(=O)OCC4CC5CC4C4OC54)c(=O)n(CCCC(=O)OCC4CC5CC4C4OC54)c3=O)C1C2. The largest absolute Gasteiger partial charge is 0.465 e. The first-order valence-corrected chi connectivity index (χ1v) is 20.5. The number of rotatable bonds is 18. The molecule has 9 rings (SSSR count). The zero-order chi connectivity index (χ0) is 37.2. The van der Waals surface area contributed by atoms with Crippen molar-refractivity contribution in [2.75, 3.05) is 19.8 Å². The molecule has 4 heterocycles. The van der Waals surface area contributed by atoms with Crippen LogP contribution in [0.2, 0.25) is 0 Å². The van der Waals surface area contributed by atoms with Gasteiger partial charge in [-0.3, -0.25) is 14.4 Å². The molecule has 8 fully saturated rings. The number of hydrogen-bond acceptors (Lipinski definition) is 12. The molecule has 8 aliphatic rings. The quantitative estimate of drug-likeness (QED) is 0.121. The van der Waals surface area contributed by atoms with Gasteiger partial charge in [-0.25, -0.2) is 28.1 Å². The van der Waals surface area contributed by atoms with Gasteiger partial charge in [0, 0.05) is 44.8 Å². The summed E-state index contributed by atoms with van der Waals surface area (Å²) in [7, 11) is 0. The molecule has 0 spiro atoms. The van der Waals surface area contributed by atoms with Crippen LogP contribution in [0.5, 0.6) is 0 Å². The Hall–Kier alpha value is -3.30. The fraction of sp³-hybridized carbons (Fsp3) is 0.846. The minimum absolute atomic E-state index is 0.00179. The van der Waals surface area contributed by atoms with Crippen LogP contribution in [0, 0.1) is 47.3 Å². The van der Waals surface area contributed by atoms with Gasteiger partial charge in [0.1, 0.15) is 0 Å². The highest BCUT2D eigenvalue weighted by Crippen LogP contribution is 2.59. The Morgan fingerprint density at radius 3 is 1.30 bits per heavy atom. The van der Waals surface area contributed by atoms with Crippen LogP contribution in [-0.4, -0.2) is 88.1 Å². The van der Waals surface area contributed by atoms with E-state index in [1.807, 2.05) is 0 Å². The summed E-state index contributed by atoms with van der Waals surface area (Å²) in [6.07, 6.45) is 8.54. The third-order valence-electron chi connectivity index (χ3n) is 14.2. The Labute approximate surface area is 312 Å². The number of epoxide rings is 2. The number of nitrogens with zero attached hydrogens (tertiary/aromatic N) is 3. The maximum Gasteiger partial charge on any atom is 0.336 e. The molecule has 3 saturated heterocycles. The van der Waals surface area contributed by atoms with Crippen LogP contribution in [0.3, 0.4) is 0 Å². The second-order valence-electron chi connectivity index (χ2n) is 17.5. The molecule has 1 aromatic heterocycles. The van der Waals surface area contributed by atoms with Gasteiger partial charge in [-0.1, -0.05) is 0 Å². The standard InChI is InChI=1S/C39H53N3O12/c1-20-27-16-26(52-20)13-25(27)19-51-32(45)7-4-10-42-38(47)40(8-2-5-30(43)49-17-23-11-21-14-28(23)35-33(21)53-35)37(46)41(39(42)48)9-3-6-31(44)50-18-24-12-22-15-29(24)36-34(22)54-36/h20-29,33-36H,2-19H2,1H3. The molecular formula is C39H53N3O12. The van der Waals surface area contributed by atoms with Crippen LogP contribution < -0.4 is 17.1 Å². The van der Waals surface area contributed by atoms with E-state index in [2.05, 4.69) is 6.92 Å². The molecule has 54 heavy (non-hydrogen) atoms. The van der Waals surface area contributed by atoms with Crippen LogP contribution in [-0.2, 0) is 62.4 Å². The molecule has 3 aliphatic heterocycles. The summed E-state index contributed by atoms with van der Waals surface area (Å²) in [5.41, 5.74) is -2.40. The summed E-state index contributed by atoms with van der Waals surface area (Å²) in [4.78, 5) is 78.7. The first-order chi connectivity index (χ1) is 26.1. The van der Waals surface area contributed by atoms with Crippen molar-refractivity contribution in [1.82, 2.24) is 13.7 Å². The Balaban J connectivity index is 0.791. The summed E-state index contributed by atoms with van der Waals surface area (Å²) in [6, 6.07) is 0. The number of hydrogen-bond donors (Lipinski definition) is 0. The zero-order valence-electron chi connectivity index (χ0n) is 31.1. The number of aromatic nitrogens is 3. The van der Waals surface area contributed by atoms with Gasteiger partial charge >= 0.3 is 35.0 Å². The molecule has 0 aromatic carbocycles. The lowest BCUT2D eigenvalue weighted by molar-refractivity contribution is -0.147. The molecule has 15 heteroatoms. The summed E-state index contributed by atoms with van der Waals surface area (Å²) < 4.78 is 36.9. The van der Waals surface area contributed by atoms with E-state index in [4.69, 9.17) is 28.4 Å². The monoisotopic (exact) mass is 755 g/mol. The third kappa shape index (κ3) is 7.01. The highest BCUT2D eigenvalue weighted by Gasteiger charge is 2.64. The fourth-order valence-corrected chi connectivity index (χ4v) is 11.5. The highest BCUT2D eigenvalue weighted by atomic mass is 16.6. The lowest BCUT2D eigenvalue weighted by atomic mass is 9.89. The normalized spacial score (nSPS) is 38.4. The van der Waals surface area contributed by atoms with Gasteiger partial charge in [-0.05, 0) is 106 Å². The number of ether oxygens (including phenoxy) is 6. The molecule has 14 atom stereocenters. The number of esters is 3. The molecule has 0 N–H and O–H groups in total. The lowest BCUT2D eigenvalue weighted by Crippen LogP contribution is -2.54. The Morgan fingerprint density at radius 1 is 0.537 bits per heavy atom. The van der Waals surface area contributed by atoms with Crippen molar-refractivity contribution in [3.05, 3.63) is 31.5 Å². The first-order valence-electron chi connectivity index (χ1n) is 20.5. The van der Waals surface area contributed by atoms with Crippen LogP contribution in [0.15, 0.2) is 14.4 Å². The number of fused-ring (bicyclic) bond motifs is 12. The van der Waals surface area contributed by atoms with Crippen molar-refractivity contribution in [2.45, 2.75) is 140 Å². The van der Waals surface area contributed by atoms with Gasteiger partial charge in [0.25, 0.3) is 0 Å². The van der Waals surface area contributed by atoms with E-state index in [1.54, 1.807) is 0 Å². The molecule has 6 bridgehead atoms. The molecule has 5 saturated carbocycles. The Kier molecular flexibility index (Phi) is 9.86. The maximum atomic E-state index is 13.6. The Bertz CT molecular complexity index is 1620. The van der Waals surface area contributed by atoms with E-state index >= 15 is 0 Å². The van der Waals surface area contributed by atoms with E-state index in [1.165, 1.54) is 0 Å². The summed E-state index contributed by atoms with van der Waals surface area (Å²) in [5.74, 6) is 2.14. The van der Waals surface area contributed by atoms with E-state index in [-0.39, 0.29) is 76.3 Å². The molecule has 0 radical (unpaired) electrons. The molecule has 15 nitrogen and oxygen atoms in total. The number of carbonyl (C=O) groups excluding carboxylic acids is 3. The summed E-state index contributed by atoms with van der Waals surface area (Å²) in [6.45, 7) is 2.79. The van der Waals surface area contributed by atoms with E-state index in [0.717, 1.165) is 52.2 Å². The van der Waals surface area contributed by atoms with Crippen molar-refractivity contribution < 1.29 is 42.8 Å². The summed E-state index contributed by atoms with van der Waals surface area (Å²) in [5, 5.41) is 0. The minimum atomic E-state index is -0.799. The predicted octanol–water partition coefficient (Wildman–Crippen LogP) is 1.80. The molecule has 0 amide bonds. The Morgan fingerprint density at radius 2 is 0.944 bits per heavy atom. The average molecular weight is 756 g/mol. The molecule has 296 valence electrons. The molecular weight excluding hydrogens is 702 g/mol. The molecule has 5 aliphatic carbocycles. The van der Waals surface area contributed by atoms with Gasteiger partial charge in [0.2, 0.25) is 0 Å². The van der Waals surface area contributed by atoms with Crippen molar-refractivity contribution in [2.24, 2.45) is 47.3 Å². The molecule has 14 unspecified atom stereocenters. The zero-order valence-corrected chi connectivity index (χ0v) is 31.1. The third-order valence-corrected chi connectivity index (χ3v) is 14.2. The van der Waals surface area contributed by atoms with Crippen LogP contribution in [0.1, 0.15) is 84.0 Å². The number of carbonyl (C=O) groups is 3. The van der Waals surface area contributed by atoms with Gasteiger partial charge < -0.3 is 28.4 Å². The highest BCUT2D eigenvalue weighted by molar-refractivity contribution is 5.70. The van der Waals surface area contributed by atoms with Crippen molar-refractivity contribution in [3.8, 4) is 0 Å². The van der Waals surface area contributed by atoms with Gasteiger partial charge in [0.05, 0.1) is 56.4 Å². The van der Waals surface area contributed by atoms with Crippen molar-refractivity contribution in [1.29, 1.82) is 0 Å². The lowest BCUT2D eigenvalue weighted by Gasteiger charge is -2.26. The van der Waals surface area contributed by atoms with E-state index < -0.39 is 35.0 Å². The average Bonchev–Trinajstić information content (AvgIpc) is 3.76. The van der Waals surface area contributed by atoms with Gasteiger partial charge in [-0.2, -0.15) is 0 Å².